The largest absolute Gasteiger partial charge is 0.497 e. The van der Waals surface area contributed by atoms with Gasteiger partial charge in [0.15, 0.2) is 5.17 Å². The number of hydrogen-bond acceptors (Lipinski definition) is 6. The third kappa shape index (κ3) is 3.69. The van der Waals surface area contributed by atoms with Crippen LogP contribution in [0.15, 0.2) is 55.3 Å². The number of rotatable bonds is 4. The molecular formula is C15H12N2O4S3. The van der Waals surface area contributed by atoms with Gasteiger partial charge < -0.3 is 4.74 Å². The highest BCUT2D eigenvalue weighted by molar-refractivity contribution is 8.19. The number of hydrogen-bond donors (Lipinski definition) is 1. The number of carbonyl (C=O) groups is 1. The topological polar surface area (TPSA) is 84.8 Å². The minimum Gasteiger partial charge on any atom is -0.497 e. The maximum Gasteiger partial charge on any atom is 0.294 e. The molecule has 0 spiro atoms. The number of carbonyl (C=O) groups excluding carboxylic acids is 1. The standard InChI is InChI=1S/C15H12N2O4S3/c1-21-11-6-4-10(5-7-11)9-12-14(18)16-15(23-12)17-24(19,20)13-3-2-8-22-13/h2-9H,1H3,(H,16,17,18)/b12-9+. The lowest BCUT2D eigenvalue weighted by atomic mass is 10.2. The van der Waals surface area contributed by atoms with Gasteiger partial charge in [-0.2, -0.15) is 8.42 Å². The van der Waals surface area contributed by atoms with Crippen LogP contribution in [0.3, 0.4) is 0 Å². The molecule has 1 aromatic carbocycles. The minimum atomic E-state index is -3.80. The summed E-state index contributed by atoms with van der Waals surface area (Å²) < 4.78 is 33.1. The fourth-order valence-electron chi connectivity index (χ4n) is 1.89. The van der Waals surface area contributed by atoms with Crippen LogP contribution in [0, 0.1) is 0 Å². The van der Waals surface area contributed by atoms with Gasteiger partial charge in [-0.25, -0.2) is 0 Å². The molecule has 1 aliphatic rings. The summed E-state index contributed by atoms with van der Waals surface area (Å²) in [6, 6.07) is 10.3. The van der Waals surface area contributed by atoms with Gasteiger partial charge in [-0.3, -0.25) is 10.1 Å². The fraction of sp³-hybridized carbons (Fsp3) is 0.0667. The molecule has 3 rings (SSSR count). The minimum absolute atomic E-state index is 0.0492. The summed E-state index contributed by atoms with van der Waals surface area (Å²) >= 11 is 2.07. The van der Waals surface area contributed by atoms with Crippen molar-refractivity contribution in [1.29, 1.82) is 0 Å². The van der Waals surface area contributed by atoms with Crippen LogP contribution >= 0.6 is 23.1 Å². The van der Waals surface area contributed by atoms with Crippen LogP contribution in [0.4, 0.5) is 0 Å². The van der Waals surface area contributed by atoms with Crippen molar-refractivity contribution < 1.29 is 17.9 Å². The van der Waals surface area contributed by atoms with Gasteiger partial charge in [0.2, 0.25) is 0 Å². The Balaban J connectivity index is 1.83. The van der Waals surface area contributed by atoms with Crippen LogP contribution in [0.5, 0.6) is 5.75 Å². The van der Waals surface area contributed by atoms with Gasteiger partial charge in [0.1, 0.15) is 9.96 Å². The second-order valence-electron chi connectivity index (χ2n) is 4.64. The van der Waals surface area contributed by atoms with E-state index in [-0.39, 0.29) is 15.3 Å². The highest BCUT2D eigenvalue weighted by Gasteiger charge is 2.26. The molecule has 1 amide bonds. The van der Waals surface area contributed by atoms with Crippen LogP contribution in [0.2, 0.25) is 0 Å². The molecule has 1 N–H and O–H groups in total. The predicted molar refractivity (Wildman–Crippen MR) is 95.6 cm³/mol. The van der Waals surface area contributed by atoms with Crippen molar-refractivity contribution >= 4 is 50.3 Å². The van der Waals surface area contributed by atoms with E-state index in [1.807, 2.05) is 0 Å². The van der Waals surface area contributed by atoms with E-state index in [2.05, 4.69) is 9.71 Å². The maximum atomic E-state index is 12.1. The van der Waals surface area contributed by atoms with Gasteiger partial charge in [-0.05, 0) is 47.0 Å². The van der Waals surface area contributed by atoms with Gasteiger partial charge in [0.25, 0.3) is 15.9 Å². The zero-order chi connectivity index (χ0) is 17.2. The monoisotopic (exact) mass is 380 g/mol. The summed E-state index contributed by atoms with van der Waals surface area (Å²) in [4.78, 5) is 12.4. The molecule has 2 aromatic rings. The molecule has 0 radical (unpaired) electrons. The lowest BCUT2D eigenvalue weighted by Gasteiger charge is -1.99. The molecule has 0 aliphatic carbocycles. The molecule has 0 saturated carbocycles. The quantitative estimate of drug-likeness (QED) is 0.825. The van der Waals surface area contributed by atoms with E-state index in [0.717, 1.165) is 28.7 Å². The van der Waals surface area contributed by atoms with E-state index in [4.69, 9.17) is 4.74 Å². The Morgan fingerprint density at radius 1 is 1.21 bits per heavy atom. The van der Waals surface area contributed by atoms with Crippen LogP contribution in [0.1, 0.15) is 5.56 Å². The smallest absolute Gasteiger partial charge is 0.294 e. The number of thiophene rings is 1. The molecule has 6 nitrogen and oxygen atoms in total. The van der Waals surface area contributed by atoms with E-state index in [1.54, 1.807) is 48.9 Å². The molecular weight excluding hydrogens is 368 g/mol. The van der Waals surface area contributed by atoms with E-state index < -0.39 is 10.0 Å². The van der Waals surface area contributed by atoms with Crippen molar-refractivity contribution in [2.24, 2.45) is 4.40 Å². The van der Waals surface area contributed by atoms with Crippen molar-refractivity contribution in [2.45, 2.75) is 4.21 Å². The third-order valence-electron chi connectivity index (χ3n) is 3.02. The number of nitrogens with zero attached hydrogens (tertiary/aromatic N) is 1. The molecule has 0 atom stereocenters. The second-order valence-corrected chi connectivity index (χ2v) is 8.45. The maximum absolute atomic E-state index is 12.1. The Morgan fingerprint density at radius 3 is 2.58 bits per heavy atom. The third-order valence-corrected chi connectivity index (χ3v) is 6.69. The first-order valence-electron chi connectivity index (χ1n) is 6.71. The number of ether oxygens (including phenoxy) is 1. The van der Waals surface area contributed by atoms with Crippen molar-refractivity contribution in [1.82, 2.24) is 5.32 Å². The molecule has 24 heavy (non-hydrogen) atoms. The van der Waals surface area contributed by atoms with Crippen LogP contribution < -0.4 is 10.1 Å². The van der Waals surface area contributed by atoms with E-state index in [9.17, 15) is 13.2 Å². The molecule has 2 heterocycles. The number of benzene rings is 1. The first-order valence-corrected chi connectivity index (χ1v) is 9.85. The fourth-order valence-corrected chi connectivity index (χ4v) is 4.84. The summed E-state index contributed by atoms with van der Waals surface area (Å²) in [5, 5.41) is 4.18. The number of sulfonamides is 1. The zero-order valence-corrected chi connectivity index (χ0v) is 14.9. The Morgan fingerprint density at radius 2 is 1.96 bits per heavy atom. The van der Waals surface area contributed by atoms with Crippen LogP contribution in [-0.2, 0) is 14.8 Å². The van der Waals surface area contributed by atoms with Gasteiger partial charge in [0.05, 0.1) is 12.0 Å². The summed E-state index contributed by atoms with van der Waals surface area (Å²) in [5.41, 5.74) is 0.802. The highest BCUT2D eigenvalue weighted by Crippen LogP contribution is 2.28. The molecule has 0 unspecified atom stereocenters. The Kier molecular flexibility index (Phi) is 4.74. The summed E-state index contributed by atoms with van der Waals surface area (Å²) in [7, 11) is -2.23. The molecule has 1 aromatic heterocycles. The Hall–Kier alpha value is -2.10. The molecule has 1 aliphatic heterocycles. The van der Waals surface area contributed by atoms with Crippen molar-refractivity contribution in [3.05, 3.63) is 52.2 Å². The lowest BCUT2D eigenvalue weighted by Crippen LogP contribution is -2.20. The van der Waals surface area contributed by atoms with E-state index >= 15 is 0 Å². The number of nitrogens with one attached hydrogen (secondary N) is 1. The first kappa shape index (κ1) is 16.7. The first-order chi connectivity index (χ1) is 11.5. The molecule has 1 fully saturated rings. The Bertz CT molecular complexity index is 914. The van der Waals surface area contributed by atoms with Gasteiger partial charge in [-0.15, -0.1) is 15.7 Å². The summed E-state index contributed by atoms with van der Waals surface area (Å²) in [6.07, 6.45) is 1.67. The number of thioether (sulfide) groups is 1. The zero-order valence-electron chi connectivity index (χ0n) is 12.4. The molecule has 9 heteroatoms. The van der Waals surface area contributed by atoms with Crippen LogP contribution in [-0.4, -0.2) is 26.6 Å². The van der Waals surface area contributed by atoms with Gasteiger partial charge in [0, 0.05) is 0 Å². The van der Waals surface area contributed by atoms with Crippen molar-refractivity contribution in [3.63, 3.8) is 0 Å². The van der Waals surface area contributed by atoms with Crippen molar-refractivity contribution in [2.75, 3.05) is 7.11 Å². The van der Waals surface area contributed by atoms with Gasteiger partial charge in [-0.1, -0.05) is 18.2 Å². The van der Waals surface area contributed by atoms with E-state index in [1.165, 1.54) is 6.07 Å². The predicted octanol–water partition coefficient (Wildman–Crippen LogP) is 2.71. The normalized spacial score (nSPS) is 18.1. The summed E-state index contributed by atoms with van der Waals surface area (Å²) in [5.74, 6) is 0.334. The number of amides is 1. The lowest BCUT2D eigenvalue weighted by molar-refractivity contribution is -0.115. The van der Waals surface area contributed by atoms with Gasteiger partial charge >= 0.3 is 0 Å². The van der Waals surface area contributed by atoms with Crippen LogP contribution in [0.25, 0.3) is 6.08 Å². The SMILES string of the molecule is COc1ccc(/C=C2/S/C(=N/S(=O)(=O)c3cccs3)NC2=O)cc1. The number of amidine groups is 1. The molecule has 124 valence electrons. The molecule has 1 saturated heterocycles. The van der Waals surface area contributed by atoms with E-state index in [0.29, 0.717) is 10.7 Å². The summed E-state index contributed by atoms with van der Waals surface area (Å²) in [6.45, 7) is 0. The highest BCUT2D eigenvalue weighted by atomic mass is 32.2. The number of methoxy groups -OCH3 is 1. The average molecular weight is 380 g/mol. The Labute approximate surface area is 147 Å². The van der Waals surface area contributed by atoms with Crippen molar-refractivity contribution in [3.8, 4) is 5.75 Å². The second kappa shape index (κ2) is 6.80. The average Bonchev–Trinajstić information content (AvgIpc) is 3.19. The molecule has 0 bridgehead atoms.